The predicted molar refractivity (Wildman–Crippen MR) is 176 cm³/mol. The van der Waals surface area contributed by atoms with Crippen molar-refractivity contribution in [2.45, 2.75) is 74.8 Å². The van der Waals surface area contributed by atoms with Gasteiger partial charge in [-0.05, 0) is 86.0 Å². The number of nitrogens with one attached hydrogen (secondary N) is 1. The third-order valence-corrected chi connectivity index (χ3v) is 12.9. The van der Waals surface area contributed by atoms with E-state index in [0.717, 1.165) is 96.1 Å². The molecule has 0 spiro atoms. The van der Waals surface area contributed by atoms with Crippen molar-refractivity contribution in [3.05, 3.63) is 53.1 Å². The normalized spacial score (nSPS) is 26.0. The van der Waals surface area contributed by atoms with Crippen LogP contribution in [-0.4, -0.2) is 92.3 Å². The zero-order chi connectivity index (χ0) is 32.0. The number of aromatic nitrogens is 1. The average molecular weight is 646 g/mol. The van der Waals surface area contributed by atoms with Gasteiger partial charge in [0.1, 0.15) is 11.3 Å². The van der Waals surface area contributed by atoms with Gasteiger partial charge in [-0.15, -0.1) is 0 Å². The largest absolute Gasteiger partial charge is 0.497 e. The Kier molecular flexibility index (Phi) is 7.04. The first-order chi connectivity index (χ1) is 22.1. The molecule has 1 aromatic heterocycles. The summed E-state index contributed by atoms with van der Waals surface area (Å²) >= 11 is 0. The van der Waals surface area contributed by atoms with Crippen LogP contribution in [0.2, 0.25) is 0 Å². The Morgan fingerprint density at radius 3 is 2.54 bits per heavy atom. The first kappa shape index (κ1) is 30.0. The first-order valence-electron chi connectivity index (χ1n) is 16.8. The number of carbonyl (C=O) groups excluding carboxylic acids is 2. The molecule has 0 radical (unpaired) electrons. The molecule has 244 valence electrons. The second kappa shape index (κ2) is 10.8. The molecule has 46 heavy (non-hydrogen) atoms. The highest BCUT2D eigenvalue weighted by molar-refractivity contribution is 7.87. The summed E-state index contributed by atoms with van der Waals surface area (Å²) in [6.45, 7) is 3.48. The van der Waals surface area contributed by atoms with Gasteiger partial charge in [0.05, 0.1) is 18.3 Å². The maximum Gasteiger partial charge on any atom is 0.303 e. The van der Waals surface area contributed by atoms with Gasteiger partial charge in [0, 0.05) is 62.2 Å². The van der Waals surface area contributed by atoms with Crippen molar-refractivity contribution in [2.75, 3.05) is 47.4 Å². The zero-order valence-corrected chi connectivity index (χ0v) is 27.7. The maximum absolute atomic E-state index is 15.0. The number of nitrogens with zero attached hydrogens (tertiary/aromatic N) is 4. The first-order valence-corrected chi connectivity index (χ1v) is 18.2. The van der Waals surface area contributed by atoms with Crippen molar-refractivity contribution in [1.82, 2.24) is 23.4 Å². The zero-order valence-electron chi connectivity index (χ0n) is 26.9. The van der Waals surface area contributed by atoms with E-state index in [1.165, 1.54) is 32.5 Å². The quantitative estimate of drug-likeness (QED) is 0.426. The lowest BCUT2D eigenvalue weighted by Crippen LogP contribution is -2.55. The van der Waals surface area contributed by atoms with Crippen LogP contribution >= 0.6 is 0 Å². The Bertz CT molecular complexity index is 1860. The number of rotatable bonds is 6. The van der Waals surface area contributed by atoms with Gasteiger partial charge in [-0.25, -0.2) is 4.72 Å². The van der Waals surface area contributed by atoms with Crippen LogP contribution in [-0.2, 0) is 20.5 Å². The monoisotopic (exact) mass is 645 g/mol. The van der Waals surface area contributed by atoms with E-state index in [1.807, 2.05) is 18.2 Å². The molecule has 3 aliphatic heterocycles. The second-order valence-electron chi connectivity index (χ2n) is 14.1. The van der Waals surface area contributed by atoms with Gasteiger partial charge >= 0.3 is 10.2 Å². The van der Waals surface area contributed by atoms with Gasteiger partial charge in [0.25, 0.3) is 5.91 Å². The van der Waals surface area contributed by atoms with E-state index in [2.05, 4.69) is 31.2 Å². The van der Waals surface area contributed by atoms with Crippen molar-refractivity contribution in [1.29, 1.82) is 0 Å². The van der Waals surface area contributed by atoms with Crippen molar-refractivity contribution in [3.63, 3.8) is 0 Å². The maximum atomic E-state index is 15.0. The molecule has 11 heteroatoms. The summed E-state index contributed by atoms with van der Waals surface area (Å²) in [6.07, 6.45) is 8.69. The minimum Gasteiger partial charge on any atom is -0.497 e. The molecule has 2 saturated heterocycles. The van der Waals surface area contributed by atoms with Gasteiger partial charge in [0.15, 0.2) is 0 Å². The van der Waals surface area contributed by atoms with E-state index in [0.29, 0.717) is 18.4 Å². The van der Waals surface area contributed by atoms with Gasteiger partial charge in [0.2, 0.25) is 5.91 Å². The van der Waals surface area contributed by atoms with Gasteiger partial charge in [-0.1, -0.05) is 25.3 Å². The van der Waals surface area contributed by atoms with E-state index in [4.69, 9.17) is 4.74 Å². The number of piperazine rings is 1. The number of benzene rings is 2. The summed E-state index contributed by atoms with van der Waals surface area (Å²) in [5.41, 5.74) is 4.92. The number of methoxy groups -OCH3 is 1. The van der Waals surface area contributed by atoms with E-state index < -0.39 is 21.7 Å². The lowest BCUT2D eigenvalue weighted by molar-refractivity contribution is -0.139. The molecule has 4 fully saturated rings. The summed E-state index contributed by atoms with van der Waals surface area (Å²) < 4.78 is 36.3. The number of hydrogen-bond acceptors (Lipinski definition) is 6. The van der Waals surface area contributed by atoms with Crippen molar-refractivity contribution < 1.29 is 22.7 Å². The average Bonchev–Trinajstić information content (AvgIpc) is 3.48. The van der Waals surface area contributed by atoms with Crippen LogP contribution in [0, 0.1) is 0 Å². The molecule has 0 unspecified atom stereocenters. The summed E-state index contributed by atoms with van der Waals surface area (Å²) in [6, 6.07) is 12.2. The SMILES string of the molecule is COc1ccc2c(c1)[C@@H]1C[C@@]1(C(=O)N1CCN3CCC[C@@H]3C1)n1c-2c(C2CCCCC2)c2ccc(C(=O)NS(=O)(=O)N(C)C)cc21. The Morgan fingerprint density at radius 1 is 0.978 bits per heavy atom. The van der Waals surface area contributed by atoms with Crippen molar-refractivity contribution in [2.24, 2.45) is 0 Å². The highest BCUT2D eigenvalue weighted by Crippen LogP contribution is 2.67. The topological polar surface area (TPSA) is 104 Å². The standard InChI is InChI=1S/C35H43N5O5S/c1-37(2)46(43,44)36-33(41)23-11-13-27-30(18-23)40-32(31(27)22-8-5-4-6-9-22)26-14-12-25(45-3)19-28(26)29-20-35(29,40)34(42)39-17-16-38-15-7-10-24(38)21-39/h11-14,18-19,22,24,29H,4-10,15-17,20-21H2,1-3H3,(H,36,41)/t24-,29+,35-/m1/s1. The number of amides is 2. The lowest BCUT2D eigenvalue weighted by Gasteiger charge is -2.41. The molecule has 2 saturated carbocycles. The van der Waals surface area contributed by atoms with Crippen molar-refractivity contribution >= 4 is 32.9 Å². The number of fused-ring (bicyclic) bond motifs is 9. The Labute approximate surface area is 270 Å². The van der Waals surface area contributed by atoms with E-state index in [9.17, 15) is 13.2 Å². The highest BCUT2D eigenvalue weighted by atomic mass is 32.2. The lowest BCUT2D eigenvalue weighted by atomic mass is 9.80. The Morgan fingerprint density at radius 2 is 1.78 bits per heavy atom. The van der Waals surface area contributed by atoms with Gasteiger partial charge in [-0.2, -0.15) is 12.7 Å². The third-order valence-electron chi connectivity index (χ3n) is 11.5. The molecule has 4 heterocycles. The molecule has 3 atom stereocenters. The Balaban J connectivity index is 1.34. The van der Waals surface area contributed by atoms with Crippen LogP contribution in [0.15, 0.2) is 36.4 Å². The molecule has 3 aromatic rings. The highest BCUT2D eigenvalue weighted by Gasteiger charge is 2.67. The summed E-state index contributed by atoms with van der Waals surface area (Å²) in [5, 5.41) is 1.05. The molecule has 1 N–H and O–H groups in total. The third kappa shape index (κ3) is 4.45. The fourth-order valence-electron chi connectivity index (χ4n) is 9.03. The molecule has 2 aliphatic carbocycles. The fraction of sp³-hybridized carbons (Fsp3) is 0.543. The summed E-state index contributed by atoms with van der Waals surface area (Å²) in [7, 11) is 0.487. The second-order valence-corrected chi connectivity index (χ2v) is 16.0. The molecular formula is C35H43N5O5S. The number of hydrogen-bond donors (Lipinski definition) is 1. The molecule has 0 bridgehead atoms. The van der Waals surface area contributed by atoms with Gasteiger partial charge in [-0.3, -0.25) is 14.5 Å². The van der Waals surface area contributed by atoms with E-state index in [-0.39, 0.29) is 17.4 Å². The molecule has 8 rings (SSSR count). The molecular weight excluding hydrogens is 602 g/mol. The molecule has 2 aromatic carbocycles. The van der Waals surface area contributed by atoms with Crippen LogP contribution < -0.4 is 9.46 Å². The molecule has 2 amide bonds. The Hall–Kier alpha value is -3.41. The fourth-order valence-corrected chi connectivity index (χ4v) is 9.56. The van der Waals surface area contributed by atoms with E-state index >= 15 is 4.79 Å². The van der Waals surface area contributed by atoms with E-state index in [1.54, 1.807) is 13.2 Å². The van der Waals surface area contributed by atoms with Crippen LogP contribution in [0.25, 0.3) is 22.2 Å². The smallest absolute Gasteiger partial charge is 0.303 e. The number of carbonyl (C=O) groups is 2. The van der Waals surface area contributed by atoms with Gasteiger partial charge < -0.3 is 14.2 Å². The van der Waals surface area contributed by atoms with Crippen LogP contribution in [0.4, 0.5) is 0 Å². The molecule has 5 aliphatic rings. The van der Waals surface area contributed by atoms with Crippen LogP contribution in [0.1, 0.15) is 84.7 Å². The summed E-state index contributed by atoms with van der Waals surface area (Å²) in [4.78, 5) is 33.1. The predicted octanol–water partition coefficient (Wildman–Crippen LogP) is 4.40. The van der Waals surface area contributed by atoms with Crippen LogP contribution in [0.3, 0.4) is 0 Å². The van der Waals surface area contributed by atoms with Crippen molar-refractivity contribution in [3.8, 4) is 17.0 Å². The van der Waals surface area contributed by atoms with Crippen LogP contribution in [0.5, 0.6) is 5.75 Å². The summed E-state index contributed by atoms with van der Waals surface area (Å²) in [5.74, 6) is 0.588. The molecule has 10 nitrogen and oxygen atoms in total. The minimum absolute atomic E-state index is 0.0133. The minimum atomic E-state index is -3.97. The number of ether oxygens (including phenoxy) is 1.